The molecule has 2 fully saturated rings. The third kappa shape index (κ3) is 1.81. The van der Waals surface area contributed by atoms with Crippen LogP contribution in [0.15, 0.2) is 30.9 Å². The summed E-state index contributed by atoms with van der Waals surface area (Å²) >= 11 is 0. The average Bonchev–Trinajstić information content (AvgIpc) is 3.13. The van der Waals surface area contributed by atoms with Crippen LogP contribution in [0, 0.1) is 5.92 Å². The number of imidazole rings is 1. The summed E-state index contributed by atoms with van der Waals surface area (Å²) in [5.41, 5.74) is 1.70. The van der Waals surface area contributed by atoms with Gasteiger partial charge in [-0.2, -0.15) is 0 Å². The quantitative estimate of drug-likeness (QED) is 0.863. The molecule has 0 radical (unpaired) electrons. The molecule has 5 nitrogen and oxygen atoms in total. The fourth-order valence-electron chi connectivity index (χ4n) is 3.25. The minimum absolute atomic E-state index is 0.0225. The van der Waals surface area contributed by atoms with Crippen LogP contribution in [0.25, 0.3) is 5.52 Å². The molecule has 1 unspecified atom stereocenters. The van der Waals surface area contributed by atoms with Crippen LogP contribution in [0.1, 0.15) is 16.8 Å². The van der Waals surface area contributed by atoms with E-state index in [2.05, 4.69) is 15.2 Å². The highest BCUT2D eigenvalue weighted by Crippen LogP contribution is 2.27. The van der Waals surface area contributed by atoms with E-state index in [1.54, 1.807) is 12.5 Å². The number of fused-ring (bicyclic) bond motifs is 3. The van der Waals surface area contributed by atoms with E-state index in [4.69, 9.17) is 0 Å². The molecule has 0 saturated carbocycles. The minimum Gasteiger partial charge on any atom is -0.348 e. The van der Waals surface area contributed by atoms with Crippen LogP contribution in [0.5, 0.6) is 0 Å². The maximum absolute atomic E-state index is 12.3. The Labute approximate surface area is 111 Å². The molecule has 4 heterocycles. The zero-order chi connectivity index (χ0) is 12.8. The lowest BCUT2D eigenvalue weighted by molar-refractivity contribution is 0.0924. The molecule has 1 N–H and O–H groups in total. The van der Waals surface area contributed by atoms with E-state index in [1.807, 2.05) is 22.7 Å². The third-order valence-electron chi connectivity index (χ3n) is 4.32. The van der Waals surface area contributed by atoms with Gasteiger partial charge in [-0.05, 0) is 31.0 Å². The van der Waals surface area contributed by atoms with Gasteiger partial charge in [0.25, 0.3) is 5.91 Å². The van der Waals surface area contributed by atoms with Gasteiger partial charge in [0.05, 0.1) is 23.6 Å². The van der Waals surface area contributed by atoms with Crippen molar-refractivity contribution < 1.29 is 4.79 Å². The van der Waals surface area contributed by atoms with Gasteiger partial charge in [0, 0.05) is 25.3 Å². The Morgan fingerprint density at radius 2 is 2.32 bits per heavy atom. The zero-order valence-corrected chi connectivity index (χ0v) is 10.6. The number of hydrogen-bond donors (Lipinski definition) is 1. The van der Waals surface area contributed by atoms with Crippen molar-refractivity contribution in [1.29, 1.82) is 0 Å². The first-order chi connectivity index (χ1) is 9.29. The lowest BCUT2D eigenvalue weighted by Crippen LogP contribution is -2.43. The maximum atomic E-state index is 12.3. The monoisotopic (exact) mass is 256 g/mol. The van der Waals surface area contributed by atoms with Gasteiger partial charge in [0.15, 0.2) is 0 Å². The maximum Gasteiger partial charge on any atom is 0.253 e. The summed E-state index contributed by atoms with van der Waals surface area (Å²) < 4.78 is 1.87. The summed E-state index contributed by atoms with van der Waals surface area (Å²) in [6.45, 7) is 3.34. The Kier molecular flexibility index (Phi) is 2.35. The van der Waals surface area contributed by atoms with Crippen LogP contribution in [-0.2, 0) is 0 Å². The molecule has 0 aromatic carbocycles. The molecule has 98 valence electrons. The molecule has 5 heteroatoms. The lowest BCUT2D eigenvalue weighted by atomic mass is 10.00. The molecular weight excluding hydrogens is 240 g/mol. The molecule has 4 rings (SSSR count). The summed E-state index contributed by atoms with van der Waals surface area (Å²) in [4.78, 5) is 18.8. The highest BCUT2D eigenvalue weighted by molar-refractivity contribution is 5.94. The highest BCUT2D eigenvalue weighted by atomic mass is 16.1. The first kappa shape index (κ1) is 11.0. The normalized spacial score (nSPS) is 28.9. The Balaban J connectivity index is 1.53. The fraction of sp³-hybridized carbons (Fsp3) is 0.429. The molecule has 2 aromatic rings. The van der Waals surface area contributed by atoms with Crippen molar-refractivity contribution in [1.82, 2.24) is 19.6 Å². The summed E-state index contributed by atoms with van der Waals surface area (Å²) in [6.07, 6.45) is 6.55. The van der Waals surface area contributed by atoms with Crippen molar-refractivity contribution in [3.05, 3.63) is 36.4 Å². The van der Waals surface area contributed by atoms with E-state index in [-0.39, 0.29) is 5.91 Å². The number of carbonyl (C=O) groups excluding carboxylic acids is 1. The predicted octanol–water partition coefficient (Wildman–Crippen LogP) is 0.768. The van der Waals surface area contributed by atoms with Crippen molar-refractivity contribution in [3.63, 3.8) is 0 Å². The molecule has 1 amide bonds. The molecule has 19 heavy (non-hydrogen) atoms. The summed E-state index contributed by atoms with van der Waals surface area (Å²) in [5.74, 6) is 0.662. The molecule has 2 aliphatic rings. The molecule has 2 bridgehead atoms. The van der Waals surface area contributed by atoms with E-state index >= 15 is 0 Å². The highest BCUT2D eigenvalue weighted by Gasteiger charge is 2.38. The SMILES string of the molecule is O=C(N[C@H]1CN2CC[C@H]1C2)c1ccc2cncn2c1. The lowest BCUT2D eigenvalue weighted by Gasteiger charge is -2.23. The third-order valence-corrected chi connectivity index (χ3v) is 4.32. The van der Waals surface area contributed by atoms with Crippen LogP contribution < -0.4 is 5.32 Å². The second kappa shape index (κ2) is 4.06. The van der Waals surface area contributed by atoms with Crippen molar-refractivity contribution >= 4 is 11.4 Å². The Hall–Kier alpha value is -1.88. The minimum atomic E-state index is 0.0225. The summed E-state index contributed by atoms with van der Waals surface area (Å²) in [6, 6.07) is 4.10. The molecule has 0 spiro atoms. The number of hydrogen-bond acceptors (Lipinski definition) is 3. The number of nitrogens with zero attached hydrogens (tertiary/aromatic N) is 3. The molecule has 3 atom stereocenters. The van der Waals surface area contributed by atoms with E-state index in [0.29, 0.717) is 17.5 Å². The number of carbonyl (C=O) groups is 1. The van der Waals surface area contributed by atoms with Crippen LogP contribution >= 0.6 is 0 Å². The van der Waals surface area contributed by atoms with Gasteiger partial charge in [0.2, 0.25) is 0 Å². The largest absolute Gasteiger partial charge is 0.348 e. The first-order valence-corrected chi connectivity index (χ1v) is 6.74. The molecule has 0 aliphatic carbocycles. The van der Waals surface area contributed by atoms with Gasteiger partial charge >= 0.3 is 0 Å². The van der Waals surface area contributed by atoms with Gasteiger partial charge in [-0.1, -0.05) is 0 Å². The van der Waals surface area contributed by atoms with Gasteiger partial charge in [-0.15, -0.1) is 0 Å². The molecule has 2 aliphatic heterocycles. The number of nitrogens with one attached hydrogen (secondary N) is 1. The average molecular weight is 256 g/mol. The second-order valence-corrected chi connectivity index (χ2v) is 5.53. The first-order valence-electron chi connectivity index (χ1n) is 6.74. The Bertz CT molecular complexity index is 635. The van der Waals surface area contributed by atoms with E-state index in [9.17, 15) is 4.79 Å². The Morgan fingerprint density at radius 1 is 1.37 bits per heavy atom. The van der Waals surface area contributed by atoms with Crippen molar-refractivity contribution in [2.24, 2.45) is 5.92 Å². The van der Waals surface area contributed by atoms with Gasteiger partial charge in [0.1, 0.15) is 0 Å². The van der Waals surface area contributed by atoms with Gasteiger partial charge in [-0.25, -0.2) is 4.98 Å². The summed E-state index contributed by atoms with van der Waals surface area (Å²) in [7, 11) is 0. The van der Waals surface area contributed by atoms with E-state index in [1.165, 1.54) is 13.0 Å². The van der Waals surface area contributed by atoms with E-state index < -0.39 is 0 Å². The fourth-order valence-corrected chi connectivity index (χ4v) is 3.25. The number of aromatic nitrogens is 2. The zero-order valence-electron chi connectivity index (χ0n) is 10.6. The molecule has 2 saturated heterocycles. The van der Waals surface area contributed by atoms with Crippen LogP contribution in [0.4, 0.5) is 0 Å². The molecule has 2 aromatic heterocycles. The number of amides is 1. The van der Waals surface area contributed by atoms with Crippen LogP contribution in [0.3, 0.4) is 0 Å². The topological polar surface area (TPSA) is 49.6 Å². The van der Waals surface area contributed by atoms with Gasteiger partial charge in [-0.3, -0.25) is 4.79 Å². The number of pyridine rings is 1. The standard InChI is InChI=1S/C14H16N4O/c19-14(16-13-8-17-4-3-10(13)6-17)11-1-2-12-5-15-9-18(12)7-11/h1-2,5,7,9-10,13H,3-4,6,8H2,(H,16,19)/t10-,13-/m0/s1. The van der Waals surface area contributed by atoms with Crippen molar-refractivity contribution in [3.8, 4) is 0 Å². The van der Waals surface area contributed by atoms with Crippen molar-refractivity contribution in [2.45, 2.75) is 12.5 Å². The van der Waals surface area contributed by atoms with Crippen LogP contribution in [0.2, 0.25) is 0 Å². The van der Waals surface area contributed by atoms with Crippen molar-refractivity contribution in [2.75, 3.05) is 19.6 Å². The second-order valence-electron chi connectivity index (χ2n) is 5.53. The predicted molar refractivity (Wildman–Crippen MR) is 71.0 cm³/mol. The van der Waals surface area contributed by atoms with Gasteiger partial charge < -0.3 is 14.6 Å². The molecular formula is C14H16N4O. The number of rotatable bonds is 2. The van der Waals surface area contributed by atoms with E-state index in [0.717, 1.165) is 18.6 Å². The Morgan fingerprint density at radius 3 is 3.11 bits per heavy atom. The number of piperidine rings is 1. The smallest absolute Gasteiger partial charge is 0.253 e. The van der Waals surface area contributed by atoms with Crippen LogP contribution in [-0.4, -0.2) is 45.9 Å². The summed E-state index contributed by atoms with van der Waals surface area (Å²) in [5, 5.41) is 3.17.